The lowest BCUT2D eigenvalue weighted by atomic mass is 9.70. The maximum Gasteiger partial charge on any atom is 0.344 e. The van der Waals surface area contributed by atoms with Gasteiger partial charge in [0.05, 0.1) is 18.6 Å². The predicted molar refractivity (Wildman–Crippen MR) is 89.9 cm³/mol. The van der Waals surface area contributed by atoms with Gasteiger partial charge in [-0.2, -0.15) is 0 Å². The molecule has 0 bridgehead atoms. The molecule has 5 atom stereocenters. The van der Waals surface area contributed by atoms with Gasteiger partial charge in [0, 0.05) is 13.1 Å². The molecule has 0 aromatic rings. The van der Waals surface area contributed by atoms with Gasteiger partial charge < -0.3 is 24.8 Å². The molecule has 3 aliphatic heterocycles. The van der Waals surface area contributed by atoms with Crippen molar-refractivity contribution < 1.29 is 34.4 Å². The Hall–Kier alpha value is -1.48. The van der Waals surface area contributed by atoms with Crippen molar-refractivity contribution in [3.8, 4) is 0 Å². The number of carbonyl (C=O) groups is 2. The van der Waals surface area contributed by atoms with Crippen LogP contribution in [0.15, 0.2) is 11.6 Å². The van der Waals surface area contributed by atoms with Gasteiger partial charge in [-0.25, -0.2) is 4.79 Å². The number of aliphatic hydroxyl groups excluding tert-OH is 1. The van der Waals surface area contributed by atoms with Crippen LogP contribution in [0, 0.1) is 11.8 Å². The first-order valence-corrected chi connectivity index (χ1v) is 8.99. The van der Waals surface area contributed by atoms with Crippen LogP contribution in [0.25, 0.3) is 0 Å². The Balaban J connectivity index is 2.04. The van der Waals surface area contributed by atoms with Gasteiger partial charge in [-0.05, 0) is 24.8 Å². The molecule has 0 aliphatic carbocycles. The van der Waals surface area contributed by atoms with Crippen molar-refractivity contribution in [3.63, 3.8) is 0 Å². The van der Waals surface area contributed by atoms with E-state index < -0.39 is 47.7 Å². The summed E-state index contributed by atoms with van der Waals surface area (Å²) in [5.41, 5.74) is -4.10. The summed E-state index contributed by atoms with van der Waals surface area (Å²) >= 11 is 0. The monoisotopic (exact) mass is 369 g/mol. The third kappa shape index (κ3) is 2.76. The summed E-state index contributed by atoms with van der Waals surface area (Å²) in [7, 11) is 0. The molecule has 5 unspecified atom stereocenters. The van der Waals surface area contributed by atoms with Gasteiger partial charge in [-0.15, -0.1) is 0 Å². The highest BCUT2D eigenvalue weighted by Gasteiger charge is 2.61. The second-order valence-electron chi connectivity index (χ2n) is 7.95. The summed E-state index contributed by atoms with van der Waals surface area (Å²) in [4.78, 5) is 27.6. The summed E-state index contributed by atoms with van der Waals surface area (Å²) in [6.45, 7) is 4.82. The van der Waals surface area contributed by atoms with Crippen LogP contribution in [0.3, 0.4) is 0 Å². The molecule has 0 aromatic carbocycles. The molecule has 2 fully saturated rings. The van der Waals surface area contributed by atoms with Crippen LogP contribution in [0.4, 0.5) is 0 Å². The Bertz CT molecular complexity index is 629. The molecule has 8 heteroatoms. The Morgan fingerprint density at radius 1 is 1.35 bits per heavy atom. The van der Waals surface area contributed by atoms with Crippen molar-refractivity contribution in [2.75, 3.05) is 26.3 Å². The highest BCUT2D eigenvalue weighted by Crippen LogP contribution is 2.39. The van der Waals surface area contributed by atoms with E-state index in [1.807, 2.05) is 6.08 Å². The third-order valence-corrected chi connectivity index (χ3v) is 5.98. The van der Waals surface area contributed by atoms with Crippen molar-refractivity contribution in [2.45, 2.75) is 50.5 Å². The molecule has 0 aromatic heterocycles. The lowest BCUT2D eigenvalue weighted by Crippen LogP contribution is -2.66. The molecular formula is C18H27NO7. The Kier molecular flexibility index (Phi) is 4.89. The number of aliphatic hydroxyl groups is 3. The zero-order valence-electron chi connectivity index (χ0n) is 15.3. The first-order chi connectivity index (χ1) is 12.1. The number of esters is 2. The van der Waals surface area contributed by atoms with Crippen LogP contribution in [-0.4, -0.2) is 81.8 Å². The molecule has 146 valence electrons. The van der Waals surface area contributed by atoms with Crippen molar-refractivity contribution >= 4 is 11.9 Å². The first-order valence-electron chi connectivity index (χ1n) is 8.99. The van der Waals surface area contributed by atoms with Crippen LogP contribution in [0.5, 0.6) is 0 Å². The van der Waals surface area contributed by atoms with E-state index in [4.69, 9.17) is 9.47 Å². The van der Waals surface area contributed by atoms with Gasteiger partial charge in [0.25, 0.3) is 0 Å². The van der Waals surface area contributed by atoms with Crippen LogP contribution in [-0.2, 0) is 19.1 Å². The van der Waals surface area contributed by atoms with E-state index >= 15 is 0 Å². The smallest absolute Gasteiger partial charge is 0.344 e. The van der Waals surface area contributed by atoms with E-state index in [0.717, 1.165) is 19.0 Å². The average molecular weight is 369 g/mol. The van der Waals surface area contributed by atoms with Crippen molar-refractivity contribution in [1.82, 2.24) is 4.90 Å². The molecule has 0 saturated carbocycles. The van der Waals surface area contributed by atoms with Crippen molar-refractivity contribution in [2.24, 2.45) is 11.8 Å². The lowest BCUT2D eigenvalue weighted by molar-refractivity contribution is -0.222. The molecule has 26 heavy (non-hydrogen) atoms. The Morgan fingerprint density at radius 3 is 2.65 bits per heavy atom. The summed E-state index contributed by atoms with van der Waals surface area (Å²) in [5, 5.41) is 31.5. The molecule has 3 heterocycles. The standard InChI is InChI=1S/C18H27NO7/c1-10(2)13-15(21)26-12-5-7-19-6-4-11(14(12)19)8-25-16(22)18(24,9-20)17(13,3)23/h4,10,12-14,20,23-24H,5-9H2,1-3H3. The molecule has 3 aliphatic rings. The molecule has 0 spiro atoms. The molecule has 0 amide bonds. The zero-order valence-corrected chi connectivity index (χ0v) is 15.3. The largest absolute Gasteiger partial charge is 0.460 e. The molecule has 3 N–H and O–H groups in total. The maximum absolute atomic E-state index is 12.9. The minimum absolute atomic E-state index is 0.0845. The fourth-order valence-electron chi connectivity index (χ4n) is 4.46. The topological polar surface area (TPSA) is 117 Å². The molecule has 0 radical (unpaired) electrons. The first kappa shape index (κ1) is 19.3. The van der Waals surface area contributed by atoms with Gasteiger partial charge in [0.2, 0.25) is 5.60 Å². The third-order valence-electron chi connectivity index (χ3n) is 5.98. The maximum atomic E-state index is 12.9. The fourth-order valence-corrected chi connectivity index (χ4v) is 4.46. The fraction of sp³-hybridized carbons (Fsp3) is 0.778. The summed E-state index contributed by atoms with van der Waals surface area (Å²) < 4.78 is 11.0. The van der Waals surface area contributed by atoms with E-state index in [1.54, 1.807) is 13.8 Å². The zero-order chi connectivity index (χ0) is 19.3. The second kappa shape index (κ2) is 6.60. The number of hydrogen-bond donors (Lipinski definition) is 3. The molecule has 8 nitrogen and oxygen atoms in total. The van der Waals surface area contributed by atoms with Crippen molar-refractivity contribution in [1.29, 1.82) is 0 Å². The Labute approximate surface area is 152 Å². The minimum Gasteiger partial charge on any atom is -0.460 e. The molecule has 3 rings (SSSR count). The van der Waals surface area contributed by atoms with Gasteiger partial charge in [-0.1, -0.05) is 19.9 Å². The number of carbonyl (C=O) groups excluding carboxylic acids is 2. The second-order valence-corrected chi connectivity index (χ2v) is 7.95. The van der Waals surface area contributed by atoms with Crippen molar-refractivity contribution in [3.05, 3.63) is 11.6 Å². The van der Waals surface area contributed by atoms with Gasteiger partial charge in [0.1, 0.15) is 18.3 Å². The predicted octanol–water partition coefficient (Wildman–Crippen LogP) is -0.784. The summed E-state index contributed by atoms with van der Waals surface area (Å²) in [6, 6.07) is -0.162. The number of nitrogens with zero attached hydrogens (tertiary/aromatic N) is 1. The minimum atomic E-state index is -2.64. The summed E-state index contributed by atoms with van der Waals surface area (Å²) in [5.74, 6) is -3.50. The van der Waals surface area contributed by atoms with E-state index in [2.05, 4.69) is 4.90 Å². The lowest BCUT2D eigenvalue weighted by Gasteiger charge is -2.43. The van der Waals surface area contributed by atoms with Crippen LogP contribution in [0.1, 0.15) is 27.2 Å². The highest BCUT2D eigenvalue weighted by atomic mass is 16.6. The quantitative estimate of drug-likeness (QED) is 0.429. The van der Waals surface area contributed by atoms with Gasteiger partial charge in [0.15, 0.2) is 0 Å². The summed E-state index contributed by atoms with van der Waals surface area (Å²) in [6.07, 6.45) is 2.18. The van der Waals surface area contributed by atoms with E-state index in [-0.39, 0.29) is 12.6 Å². The Morgan fingerprint density at radius 2 is 2.04 bits per heavy atom. The van der Waals surface area contributed by atoms with Crippen LogP contribution >= 0.6 is 0 Å². The number of ether oxygens (including phenoxy) is 2. The normalized spacial score (nSPS) is 41.3. The van der Waals surface area contributed by atoms with Crippen LogP contribution < -0.4 is 0 Å². The number of hydrogen-bond acceptors (Lipinski definition) is 8. The van der Waals surface area contributed by atoms with Crippen LogP contribution in [0.2, 0.25) is 0 Å². The number of cyclic esters (lactones) is 1. The van der Waals surface area contributed by atoms with E-state index in [0.29, 0.717) is 13.0 Å². The SMILES string of the molecule is CC(C)C1C(=O)OC2CCN3CC=C(COC(=O)C(O)(CO)C1(C)O)C23. The average Bonchev–Trinajstić information content (AvgIpc) is 3.13. The van der Waals surface area contributed by atoms with E-state index in [9.17, 15) is 24.9 Å². The van der Waals surface area contributed by atoms with Gasteiger partial charge in [-0.3, -0.25) is 9.69 Å². The van der Waals surface area contributed by atoms with E-state index in [1.165, 1.54) is 0 Å². The molecule has 2 saturated heterocycles. The number of rotatable bonds is 2. The van der Waals surface area contributed by atoms with Gasteiger partial charge >= 0.3 is 11.9 Å². The molecular weight excluding hydrogens is 342 g/mol. The highest BCUT2D eigenvalue weighted by molar-refractivity contribution is 5.84.